The van der Waals surface area contributed by atoms with Gasteiger partial charge in [0.2, 0.25) is 0 Å². The fourth-order valence-electron chi connectivity index (χ4n) is 2.90. The van der Waals surface area contributed by atoms with Crippen LogP contribution in [-0.4, -0.2) is 11.1 Å². The van der Waals surface area contributed by atoms with Crippen LogP contribution >= 0.6 is 0 Å². The predicted octanol–water partition coefficient (Wildman–Crippen LogP) is 5.27. The van der Waals surface area contributed by atoms with Gasteiger partial charge in [0, 0.05) is 5.57 Å². The van der Waals surface area contributed by atoms with E-state index < -0.39 is 5.97 Å². The highest BCUT2D eigenvalue weighted by molar-refractivity contribution is 5.86. The van der Waals surface area contributed by atoms with Crippen molar-refractivity contribution in [1.82, 2.24) is 0 Å². The Morgan fingerprint density at radius 2 is 2.10 bits per heavy atom. The maximum absolute atomic E-state index is 11.2. The van der Waals surface area contributed by atoms with Crippen LogP contribution in [0.15, 0.2) is 34.9 Å². The number of carboxylic acids is 1. The second kappa shape index (κ2) is 7.47. The van der Waals surface area contributed by atoms with Crippen molar-refractivity contribution in [1.29, 1.82) is 0 Å². The number of allylic oxidation sites excluding steroid dienone is 5. The summed E-state index contributed by atoms with van der Waals surface area (Å²) in [6, 6.07) is 0. The lowest BCUT2D eigenvalue weighted by Gasteiger charge is -2.32. The van der Waals surface area contributed by atoms with Crippen molar-refractivity contribution < 1.29 is 9.90 Å². The molecule has 1 rings (SSSR count). The molecule has 0 radical (unpaired) electrons. The Bertz CT molecular complexity index is 436. The molecule has 2 nitrogen and oxygen atoms in total. The first-order valence-electron chi connectivity index (χ1n) is 7.69. The van der Waals surface area contributed by atoms with E-state index in [-0.39, 0.29) is 5.41 Å². The minimum absolute atomic E-state index is 0.208. The largest absolute Gasteiger partial charge is 0.478 e. The molecule has 0 aromatic carbocycles. The van der Waals surface area contributed by atoms with Gasteiger partial charge in [0.25, 0.3) is 0 Å². The molecule has 1 N–H and O–H groups in total. The van der Waals surface area contributed by atoms with Gasteiger partial charge in [-0.15, -0.1) is 0 Å². The molecule has 112 valence electrons. The van der Waals surface area contributed by atoms with Gasteiger partial charge in [0.1, 0.15) is 0 Å². The number of carbonyl (C=O) groups is 1. The first kappa shape index (κ1) is 16.7. The summed E-state index contributed by atoms with van der Waals surface area (Å²) < 4.78 is 0. The number of unbranched alkanes of at least 4 members (excludes halogenated alkanes) is 1. The third-order valence-electron chi connectivity index (χ3n) is 4.18. The summed E-state index contributed by atoms with van der Waals surface area (Å²) in [5.41, 5.74) is 3.53. The van der Waals surface area contributed by atoms with Crippen molar-refractivity contribution in [3.63, 3.8) is 0 Å². The Morgan fingerprint density at radius 3 is 2.65 bits per heavy atom. The minimum atomic E-state index is -0.795. The maximum atomic E-state index is 11.2. The summed E-state index contributed by atoms with van der Waals surface area (Å²) in [6.07, 6.45) is 12.0. The monoisotopic (exact) mass is 276 g/mol. The van der Waals surface area contributed by atoms with Gasteiger partial charge in [-0.05, 0) is 50.0 Å². The average Bonchev–Trinajstić information content (AvgIpc) is 2.35. The quantitative estimate of drug-likeness (QED) is 0.530. The van der Waals surface area contributed by atoms with Gasteiger partial charge in [-0.3, -0.25) is 0 Å². The van der Waals surface area contributed by atoms with Crippen LogP contribution in [0.2, 0.25) is 0 Å². The third kappa shape index (κ3) is 4.66. The Labute approximate surface area is 123 Å². The van der Waals surface area contributed by atoms with Crippen molar-refractivity contribution >= 4 is 5.97 Å². The normalized spacial score (nSPS) is 19.7. The van der Waals surface area contributed by atoms with E-state index in [0.29, 0.717) is 12.0 Å². The van der Waals surface area contributed by atoms with E-state index in [2.05, 4.69) is 33.8 Å². The van der Waals surface area contributed by atoms with Crippen molar-refractivity contribution in [2.24, 2.45) is 5.41 Å². The molecular weight excluding hydrogens is 248 g/mol. The second-order valence-corrected chi connectivity index (χ2v) is 6.39. The zero-order chi connectivity index (χ0) is 15.2. The summed E-state index contributed by atoms with van der Waals surface area (Å²) in [4.78, 5) is 11.2. The van der Waals surface area contributed by atoms with E-state index in [4.69, 9.17) is 0 Å². The lowest BCUT2D eigenvalue weighted by molar-refractivity contribution is -0.132. The Morgan fingerprint density at radius 1 is 1.40 bits per heavy atom. The molecule has 1 aliphatic carbocycles. The first-order valence-corrected chi connectivity index (χ1v) is 7.69. The van der Waals surface area contributed by atoms with Crippen LogP contribution in [0.4, 0.5) is 0 Å². The fourth-order valence-corrected chi connectivity index (χ4v) is 2.90. The molecule has 0 unspecified atom stereocenters. The first-order chi connectivity index (χ1) is 9.38. The molecule has 0 aromatic heterocycles. The van der Waals surface area contributed by atoms with E-state index >= 15 is 0 Å². The number of rotatable bonds is 6. The van der Waals surface area contributed by atoms with Crippen molar-refractivity contribution in [2.75, 3.05) is 0 Å². The lowest BCUT2D eigenvalue weighted by atomic mass is 9.72. The summed E-state index contributed by atoms with van der Waals surface area (Å²) in [7, 11) is 0. The number of hydrogen-bond acceptors (Lipinski definition) is 1. The molecule has 0 heterocycles. The Hall–Kier alpha value is -1.31. The number of carboxylic acid groups (broad SMARTS) is 1. The fraction of sp³-hybridized carbons (Fsp3) is 0.611. The third-order valence-corrected chi connectivity index (χ3v) is 4.18. The van der Waals surface area contributed by atoms with E-state index in [0.717, 1.165) is 19.3 Å². The molecule has 0 aliphatic heterocycles. The van der Waals surface area contributed by atoms with Crippen LogP contribution in [0.1, 0.15) is 66.2 Å². The van der Waals surface area contributed by atoms with Crippen molar-refractivity contribution in [2.45, 2.75) is 66.2 Å². The lowest BCUT2D eigenvalue weighted by Crippen LogP contribution is -2.18. The highest BCUT2D eigenvalue weighted by atomic mass is 16.4. The van der Waals surface area contributed by atoms with Crippen LogP contribution in [0.3, 0.4) is 0 Å². The summed E-state index contributed by atoms with van der Waals surface area (Å²) in [5.74, 6) is -0.795. The molecule has 0 bridgehead atoms. The van der Waals surface area contributed by atoms with Gasteiger partial charge in [0.15, 0.2) is 0 Å². The molecule has 20 heavy (non-hydrogen) atoms. The highest BCUT2D eigenvalue weighted by Gasteiger charge is 2.26. The molecular formula is C18H28O2. The van der Waals surface area contributed by atoms with Crippen LogP contribution in [0.5, 0.6) is 0 Å². The summed E-state index contributed by atoms with van der Waals surface area (Å²) in [5, 5.41) is 9.18. The molecule has 0 atom stereocenters. The van der Waals surface area contributed by atoms with E-state index in [1.54, 1.807) is 6.08 Å². The minimum Gasteiger partial charge on any atom is -0.478 e. The van der Waals surface area contributed by atoms with E-state index in [1.165, 1.54) is 24.0 Å². The molecule has 1 aliphatic rings. The van der Waals surface area contributed by atoms with Crippen LogP contribution in [-0.2, 0) is 4.79 Å². The standard InChI is InChI=1S/C18H28O2/c1-5-6-10-15(17(19)20)11-7-12-16-14(2)9-8-13-18(16,3)4/h7,11-12H,5-6,8-10,13H2,1-4H3,(H,19,20). The van der Waals surface area contributed by atoms with Crippen molar-refractivity contribution in [3.8, 4) is 0 Å². The molecule has 0 saturated carbocycles. The zero-order valence-corrected chi connectivity index (χ0v) is 13.3. The number of hydrogen-bond donors (Lipinski definition) is 1. The second-order valence-electron chi connectivity index (χ2n) is 6.39. The number of aliphatic carboxylic acids is 1. The van der Waals surface area contributed by atoms with E-state index in [1.807, 2.05) is 6.08 Å². The topological polar surface area (TPSA) is 37.3 Å². The van der Waals surface area contributed by atoms with Gasteiger partial charge < -0.3 is 5.11 Å². The molecule has 2 heteroatoms. The molecule has 0 saturated heterocycles. The van der Waals surface area contributed by atoms with Gasteiger partial charge in [0.05, 0.1) is 0 Å². The Kier molecular flexibility index (Phi) is 6.25. The van der Waals surface area contributed by atoms with Crippen LogP contribution in [0.25, 0.3) is 0 Å². The maximum Gasteiger partial charge on any atom is 0.331 e. The molecule has 0 spiro atoms. The zero-order valence-electron chi connectivity index (χ0n) is 13.3. The van der Waals surface area contributed by atoms with Gasteiger partial charge in [-0.2, -0.15) is 0 Å². The SMILES string of the molecule is CCCCC(=CC=CC1=C(C)CCCC1(C)C)C(=O)O. The van der Waals surface area contributed by atoms with E-state index in [9.17, 15) is 9.90 Å². The summed E-state index contributed by atoms with van der Waals surface area (Å²) >= 11 is 0. The van der Waals surface area contributed by atoms with Crippen LogP contribution < -0.4 is 0 Å². The summed E-state index contributed by atoms with van der Waals surface area (Å²) in [6.45, 7) is 8.82. The molecule has 0 amide bonds. The molecule has 0 aromatic rings. The average molecular weight is 276 g/mol. The molecule has 0 fully saturated rings. The van der Waals surface area contributed by atoms with Gasteiger partial charge in [-0.1, -0.05) is 51.0 Å². The van der Waals surface area contributed by atoms with Gasteiger partial charge >= 0.3 is 5.97 Å². The predicted molar refractivity (Wildman–Crippen MR) is 84.7 cm³/mol. The van der Waals surface area contributed by atoms with Crippen molar-refractivity contribution in [3.05, 3.63) is 34.9 Å². The smallest absolute Gasteiger partial charge is 0.331 e. The van der Waals surface area contributed by atoms with Crippen LogP contribution in [0, 0.1) is 5.41 Å². The van der Waals surface area contributed by atoms with Gasteiger partial charge in [-0.25, -0.2) is 4.79 Å². The Balaban J connectivity index is 2.87. The highest BCUT2D eigenvalue weighted by Crippen LogP contribution is 2.40.